The third kappa shape index (κ3) is 6.98. The number of amides is 2. The Morgan fingerprint density at radius 3 is 2.71 bits per heavy atom. The molecular weight excluding hydrogens is 581 g/mol. The van der Waals surface area contributed by atoms with Crippen molar-refractivity contribution in [3.63, 3.8) is 0 Å². The fraction of sp³-hybridized carbons (Fsp3) is 0.385. The number of likely N-dealkylation sites (tertiary alicyclic amines) is 1. The number of hydrogen-bond acceptors (Lipinski definition) is 9. The summed E-state index contributed by atoms with van der Waals surface area (Å²) in [5.41, 5.74) is -0.548. The third-order valence-corrected chi connectivity index (χ3v) is 7.17. The molecule has 0 bridgehead atoms. The van der Waals surface area contributed by atoms with E-state index in [-0.39, 0.29) is 41.1 Å². The van der Waals surface area contributed by atoms with Crippen LogP contribution in [0.5, 0.6) is 5.75 Å². The van der Waals surface area contributed by atoms with E-state index in [2.05, 4.69) is 15.5 Å². The molecule has 3 aromatic rings. The summed E-state index contributed by atoms with van der Waals surface area (Å²) in [7, 11) is 1.46. The number of nitrogens with one attached hydrogen (secondary N) is 1. The Balaban J connectivity index is 1.70. The number of aromatic nitrogens is 3. The fourth-order valence-corrected chi connectivity index (χ4v) is 4.78. The number of hydrogen-bond donors (Lipinski definition) is 2. The first kappa shape index (κ1) is 29.9. The van der Waals surface area contributed by atoms with Crippen LogP contribution in [-0.4, -0.2) is 62.1 Å². The Morgan fingerprint density at radius 1 is 1.27 bits per heavy atom. The Labute approximate surface area is 243 Å². The zero-order valence-electron chi connectivity index (χ0n) is 22.1. The minimum atomic E-state index is -1.60. The summed E-state index contributed by atoms with van der Waals surface area (Å²) in [4.78, 5) is 57.4. The van der Waals surface area contributed by atoms with Gasteiger partial charge in [0.15, 0.2) is 5.69 Å². The first-order valence-corrected chi connectivity index (χ1v) is 13.5. The molecule has 0 spiro atoms. The Morgan fingerprint density at radius 2 is 2.05 bits per heavy atom. The molecule has 2 amide bonds. The lowest BCUT2D eigenvalue weighted by molar-refractivity contribution is -0.0587. The third-order valence-electron chi connectivity index (χ3n) is 6.44. The molecule has 1 unspecified atom stereocenters. The number of carbonyl (C=O) groups excluding carboxylic acids is 2. The quantitative estimate of drug-likeness (QED) is 0.260. The summed E-state index contributed by atoms with van der Waals surface area (Å²) in [6, 6.07) is 4.62. The number of ether oxygens (including phenoxy) is 2. The van der Waals surface area contributed by atoms with Crippen LogP contribution in [0.2, 0.25) is 10.0 Å². The monoisotopic (exact) mass is 607 g/mol. The van der Waals surface area contributed by atoms with Crippen LogP contribution in [0.15, 0.2) is 40.0 Å². The van der Waals surface area contributed by atoms with Crippen molar-refractivity contribution >= 4 is 46.9 Å². The summed E-state index contributed by atoms with van der Waals surface area (Å²) in [6.45, 7) is 2.46. The van der Waals surface area contributed by atoms with E-state index in [1.165, 1.54) is 30.1 Å². The number of piperidine rings is 1. The lowest BCUT2D eigenvalue weighted by atomic mass is 9.96. The zero-order chi connectivity index (χ0) is 29.7. The average Bonchev–Trinajstić information content (AvgIpc) is 3.45. The highest BCUT2D eigenvalue weighted by molar-refractivity contribution is 6.42. The molecule has 218 valence electrons. The van der Waals surface area contributed by atoms with E-state index >= 15 is 0 Å². The van der Waals surface area contributed by atoms with Gasteiger partial charge in [-0.3, -0.25) is 19.0 Å². The van der Waals surface area contributed by atoms with Crippen molar-refractivity contribution in [2.24, 2.45) is 7.05 Å². The standard InChI is InChI=1S/C26H27Cl2N5O8/c1-3-5-19(41-26(37)38)40-21-20(23(34)30-16-11-29-39-13-16)31-22(32(2)25(21)36)15-6-4-9-33(12-15)24(35)14-7-8-17(27)18(28)10-14/h7-8,10-11,13,15,19H,3-6,9,12H2,1-2H3,(H,30,34)(H,37,38)/t15-,19?/m1/s1. The van der Waals surface area contributed by atoms with Crippen molar-refractivity contribution in [1.82, 2.24) is 19.6 Å². The molecule has 13 nitrogen and oxygen atoms in total. The second-order valence-electron chi connectivity index (χ2n) is 9.32. The van der Waals surface area contributed by atoms with Gasteiger partial charge in [-0.1, -0.05) is 35.3 Å². The molecule has 1 aliphatic heterocycles. The number of halogens is 2. The van der Waals surface area contributed by atoms with Crippen LogP contribution < -0.4 is 15.6 Å². The SMILES string of the molecule is CCCC(OC(=O)O)Oc1c(C(=O)Nc2cnoc2)nc([C@@H]2CCCN(C(=O)c3ccc(Cl)c(Cl)c3)C2)n(C)c1=O. The van der Waals surface area contributed by atoms with Gasteiger partial charge in [-0.2, -0.15) is 0 Å². The van der Waals surface area contributed by atoms with Crippen molar-refractivity contribution in [3.8, 4) is 5.75 Å². The van der Waals surface area contributed by atoms with Crippen molar-refractivity contribution in [1.29, 1.82) is 0 Å². The van der Waals surface area contributed by atoms with Crippen molar-refractivity contribution in [3.05, 3.63) is 68.1 Å². The molecule has 3 heterocycles. The van der Waals surface area contributed by atoms with Gasteiger partial charge < -0.3 is 29.3 Å². The van der Waals surface area contributed by atoms with Crippen LogP contribution in [0.3, 0.4) is 0 Å². The van der Waals surface area contributed by atoms with Gasteiger partial charge in [0.2, 0.25) is 12.0 Å². The second-order valence-corrected chi connectivity index (χ2v) is 10.1. The predicted octanol–water partition coefficient (Wildman–Crippen LogP) is 4.55. The Hall–Kier alpha value is -4.10. The maximum Gasteiger partial charge on any atom is 0.508 e. The molecule has 0 radical (unpaired) electrons. The lowest BCUT2D eigenvalue weighted by Gasteiger charge is -2.33. The summed E-state index contributed by atoms with van der Waals surface area (Å²) < 4.78 is 16.4. The number of carbonyl (C=O) groups is 3. The largest absolute Gasteiger partial charge is 0.508 e. The van der Waals surface area contributed by atoms with E-state index in [0.29, 0.717) is 36.4 Å². The smallest absolute Gasteiger partial charge is 0.450 e. The molecule has 1 fully saturated rings. The lowest BCUT2D eigenvalue weighted by Crippen LogP contribution is -2.41. The Kier molecular flexibility index (Phi) is 9.50. The normalized spacial score (nSPS) is 15.7. The molecule has 2 atom stereocenters. The Bertz CT molecular complexity index is 1490. The average molecular weight is 608 g/mol. The minimum absolute atomic E-state index is 0.123. The number of carboxylic acid groups (broad SMARTS) is 1. The minimum Gasteiger partial charge on any atom is -0.450 e. The van der Waals surface area contributed by atoms with Crippen LogP contribution in [0.4, 0.5) is 10.5 Å². The summed E-state index contributed by atoms with van der Waals surface area (Å²) in [5.74, 6) is -1.73. The maximum atomic E-state index is 13.6. The van der Waals surface area contributed by atoms with Crippen molar-refractivity contribution < 1.29 is 33.5 Å². The number of anilines is 1. The molecule has 1 saturated heterocycles. The van der Waals surface area contributed by atoms with E-state index in [1.807, 2.05) is 0 Å². The van der Waals surface area contributed by atoms with Crippen LogP contribution in [-0.2, 0) is 11.8 Å². The molecule has 2 aromatic heterocycles. The molecule has 2 N–H and O–H groups in total. The van der Waals surface area contributed by atoms with Crippen molar-refractivity contribution in [2.45, 2.75) is 44.8 Å². The van der Waals surface area contributed by atoms with Crippen LogP contribution in [0.25, 0.3) is 0 Å². The molecule has 0 aliphatic carbocycles. The highest BCUT2D eigenvalue weighted by atomic mass is 35.5. The molecular formula is C26H27Cl2N5O8. The van der Waals surface area contributed by atoms with E-state index in [4.69, 9.17) is 42.3 Å². The highest BCUT2D eigenvalue weighted by Gasteiger charge is 2.32. The van der Waals surface area contributed by atoms with Crippen LogP contribution >= 0.6 is 23.2 Å². The maximum absolute atomic E-state index is 13.6. The van der Waals surface area contributed by atoms with E-state index in [1.54, 1.807) is 24.0 Å². The summed E-state index contributed by atoms with van der Waals surface area (Å²) >= 11 is 12.1. The summed E-state index contributed by atoms with van der Waals surface area (Å²) in [5, 5.41) is 15.8. The van der Waals surface area contributed by atoms with Gasteiger partial charge in [0, 0.05) is 38.0 Å². The van der Waals surface area contributed by atoms with Gasteiger partial charge in [0.1, 0.15) is 17.8 Å². The van der Waals surface area contributed by atoms with E-state index < -0.39 is 35.6 Å². The molecule has 1 aliphatic rings. The molecule has 4 rings (SSSR count). The number of rotatable bonds is 9. The molecule has 1 aromatic carbocycles. The highest BCUT2D eigenvalue weighted by Crippen LogP contribution is 2.29. The molecule has 41 heavy (non-hydrogen) atoms. The van der Waals surface area contributed by atoms with Gasteiger partial charge >= 0.3 is 6.16 Å². The van der Waals surface area contributed by atoms with Crippen LogP contribution in [0, 0.1) is 0 Å². The predicted molar refractivity (Wildman–Crippen MR) is 147 cm³/mol. The first-order valence-electron chi connectivity index (χ1n) is 12.7. The zero-order valence-corrected chi connectivity index (χ0v) is 23.6. The first-order chi connectivity index (χ1) is 19.6. The van der Waals surface area contributed by atoms with Gasteiger partial charge in [-0.05, 0) is 37.5 Å². The van der Waals surface area contributed by atoms with Gasteiger partial charge in [0.25, 0.3) is 17.4 Å². The van der Waals surface area contributed by atoms with E-state index in [0.717, 1.165) is 0 Å². The van der Waals surface area contributed by atoms with Gasteiger partial charge in [0.05, 0.1) is 16.2 Å². The number of benzene rings is 1. The second kappa shape index (κ2) is 13.0. The van der Waals surface area contributed by atoms with Crippen molar-refractivity contribution in [2.75, 3.05) is 18.4 Å². The van der Waals surface area contributed by atoms with E-state index in [9.17, 15) is 19.2 Å². The molecule has 0 saturated carbocycles. The van der Waals surface area contributed by atoms with Crippen LogP contribution in [0.1, 0.15) is 65.2 Å². The topological polar surface area (TPSA) is 166 Å². The van der Waals surface area contributed by atoms with Gasteiger partial charge in [-0.25, -0.2) is 9.78 Å². The fourth-order valence-electron chi connectivity index (χ4n) is 4.49. The number of nitrogens with zero attached hydrogens (tertiary/aromatic N) is 4. The summed E-state index contributed by atoms with van der Waals surface area (Å²) in [6.07, 6.45) is 1.26. The van der Waals surface area contributed by atoms with Gasteiger partial charge in [-0.15, -0.1) is 0 Å². The molecule has 15 heteroatoms.